The minimum atomic E-state index is 0.0165. The fraction of sp³-hybridized carbons (Fsp3) is 0.621. The molecule has 1 amide bonds. The highest BCUT2D eigenvalue weighted by atomic mass is 35.5. The van der Waals surface area contributed by atoms with E-state index in [1.807, 2.05) is 6.07 Å². The van der Waals surface area contributed by atoms with E-state index in [0.717, 1.165) is 56.8 Å². The second-order valence-corrected chi connectivity index (χ2v) is 10.7. The highest BCUT2D eigenvalue weighted by Crippen LogP contribution is 2.39. The highest BCUT2D eigenvalue weighted by Gasteiger charge is 2.37. The molecular formula is C29H42ClN3O3. The molecule has 0 saturated carbocycles. The summed E-state index contributed by atoms with van der Waals surface area (Å²) in [6.45, 7) is 10.5. The third-order valence-electron chi connectivity index (χ3n) is 8.13. The van der Waals surface area contributed by atoms with Gasteiger partial charge in [-0.05, 0) is 81.2 Å². The molecule has 1 aromatic carbocycles. The largest absolute Gasteiger partial charge is 0.498 e. The Kier molecular flexibility index (Phi) is 9.24. The number of anilines is 1. The zero-order valence-electron chi connectivity index (χ0n) is 22.4. The molecule has 2 saturated heterocycles. The van der Waals surface area contributed by atoms with Crippen LogP contribution in [0.5, 0.6) is 5.75 Å². The number of rotatable bonds is 8. The Balaban J connectivity index is 1.44. The fourth-order valence-electron chi connectivity index (χ4n) is 6.10. The summed E-state index contributed by atoms with van der Waals surface area (Å²) >= 11 is 6.27. The number of benzene rings is 1. The number of halogens is 1. The van der Waals surface area contributed by atoms with Crippen LogP contribution in [0.4, 0.5) is 5.69 Å². The van der Waals surface area contributed by atoms with E-state index in [2.05, 4.69) is 41.1 Å². The first-order chi connectivity index (χ1) is 17.4. The summed E-state index contributed by atoms with van der Waals surface area (Å²) in [6, 6.07) is 7.23. The first kappa shape index (κ1) is 26.9. The van der Waals surface area contributed by atoms with E-state index in [1.165, 1.54) is 36.1 Å². The van der Waals surface area contributed by atoms with Crippen LogP contribution in [0.3, 0.4) is 0 Å². The Morgan fingerprint density at radius 2 is 1.97 bits per heavy atom. The molecule has 198 valence electrons. The molecule has 1 N–H and O–H groups in total. The molecule has 0 bridgehead atoms. The van der Waals surface area contributed by atoms with Crippen LogP contribution in [0.2, 0.25) is 5.02 Å². The topological polar surface area (TPSA) is 54.0 Å². The standard InChI is InChI=1S/C29H42ClN3O3/c1-20-21(2)28(36-17-7-14-31-22(3)34)11-6-9-25(20)27-10-5-8-24-19-32(15-16-33(24)27)23-12-13-26(30)29(18-23)35-4/h12-13,18,24,27H,5-11,14-17,19H2,1-4H3,(H,31,34). The first-order valence-electron chi connectivity index (χ1n) is 13.5. The summed E-state index contributed by atoms with van der Waals surface area (Å²) in [7, 11) is 1.68. The van der Waals surface area contributed by atoms with Crippen molar-refractivity contribution < 1.29 is 14.3 Å². The number of piperazine rings is 1. The molecule has 3 aliphatic rings. The lowest BCUT2D eigenvalue weighted by molar-refractivity contribution is -0.118. The zero-order chi connectivity index (χ0) is 25.7. The van der Waals surface area contributed by atoms with Crippen LogP contribution < -0.4 is 15.0 Å². The normalized spacial score (nSPS) is 23.3. The SMILES string of the molecule is COc1cc(N2CCN3C(CCCC3C3=C(C)C(C)=C(OCCCNC(C)=O)CCC3)C2)ccc1Cl. The van der Waals surface area contributed by atoms with Crippen LogP contribution in [-0.2, 0) is 9.53 Å². The van der Waals surface area contributed by atoms with Crippen LogP contribution in [0.1, 0.15) is 65.7 Å². The van der Waals surface area contributed by atoms with Gasteiger partial charge in [-0.25, -0.2) is 0 Å². The van der Waals surface area contributed by atoms with Crippen LogP contribution >= 0.6 is 11.6 Å². The van der Waals surface area contributed by atoms with Gasteiger partial charge in [0.25, 0.3) is 0 Å². The number of carbonyl (C=O) groups excluding carboxylic acids is 1. The quantitative estimate of drug-likeness (QED) is 0.449. The van der Waals surface area contributed by atoms with Gasteiger partial charge >= 0.3 is 0 Å². The van der Waals surface area contributed by atoms with Crippen LogP contribution in [0.15, 0.2) is 40.7 Å². The molecule has 0 spiro atoms. The van der Waals surface area contributed by atoms with Gasteiger partial charge in [0.15, 0.2) is 0 Å². The second-order valence-electron chi connectivity index (χ2n) is 10.3. The predicted octanol–water partition coefficient (Wildman–Crippen LogP) is 5.71. The third-order valence-corrected chi connectivity index (χ3v) is 8.44. The van der Waals surface area contributed by atoms with Crippen molar-refractivity contribution in [2.75, 3.05) is 44.8 Å². The van der Waals surface area contributed by atoms with E-state index in [1.54, 1.807) is 19.6 Å². The molecular weight excluding hydrogens is 474 g/mol. The Bertz CT molecular complexity index is 1010. The summed E-state index contributed by atoms with van der Waals surface area (Å²) in [5.74, 6) is 1.90. The highest BCUT2D eigenvalue weighted by molar-refractivity contribution is 6.32. The summed E-state index contributed by atoms with van der Waals surface area (Å²) in [5, 5.41) is 3.51. The summed E-state index contributed by atoms with van der Waals surface area (Å²) in [5.41, 5.74) is 5.56. The maximum Gasteiger partial charge on any atom is 0.216 e. The Morgan fingerprint density at radius 3 is 2.75 bits per heavy atom. The summed E-state index contributed by atoms with van der Waals surface area (Å²) in [6.07, 6.45) is 7.88. The van der Waals surface area contributed by atoms with Gasteiger partial charge in [0, 0.05) is 63.4 Å². The average molecular weight is 516 g/mol. The lowest BCUT2D eigenvalue weighted by atomic mass is 9.85. The van der Waals surface area contributed by atoms with E-state index < -0.39 is 0 Å². The molecule has 4 rings (SSSR count). The van der Waals surface area contributed by atoms with Gasteiger partial charge in [0.2, 0.25) is 5.91 Å². The monoisotopic (exact) mass is 515 g/mol. The number of nitrogens with zero attached hydrogens (tertiary/aromatic N) is 2. The maximum absolute atomic E-state index is 11.1. The number of piperidine rings is 1. The molecule has 2 atom stereocenters. The molecule has 2 aliphatic heterocycles. The maximum atomic E-state index is 11.1. The smallest absolute Gasteiger partial charge is 0.216 e. The second kappa shape index (κ2) is 12.4. The molecule has 1 aromatic rings. The van der Waals surface area contributed by atoms with E-state index in [-0.39, 0.29) is 5.91 Å². The number of nitrogens with one attached hydrogen (secondary N) is 1. The predicted molar refractivity (Wildman–Crippen MR) is 147 cm³/mol. The number of methoxy groups -OCH3 is 1. The van der Waals surface area contributed by atoms with Gasteiger partial charge in [0.05, 0.1) is 24.5 Å². The van der Waals surface area contributed by atoms with Gasteiger partial charge in [-0.15, -0.1) is 0 Å². The third kappa shape index (κ3) is 6.20. The molecule has 7 heteroatoms. The van der Waals surface area contributed by atoms with E-state index in [4.69, 9.17) is 21.1 Å². The molecule has 0 radical (unpaired) electrons. The van der Waals surface area contributed by atoms with E-state index in [0.29, 0.717) is 30.3 Å². The minimum absolute atomic E-state index is 0.0165. The first-order valence-corrected chi connectivity index (χ1v) is 13.9. The van der Waals surface area contributed by atoms with Gasteiger partial charge in [-0.1, -0.05) is 11.6 Å². The Hall–Kier alpha value is -2.18. The molecule has 36 heavy (non-hydrogen) atoms. The van der Waals surface area contributed by atoms with Gasteiger partial charge in [-0.2, -0.15) is 0 Å². The van der Waals surface area contributed by atoms with E-state index in [9.17, 15) is 4.79 Å². The lowest BCUT2D eigenvalue weighted by Crippen LogP contribution is -2.59. The fourth-order valence-corrected chi connectivity index (χ4v) is 6.29. The molecule has 0 aromatic heterocycles. The van der Waals surface area contributed by atoms with Crippen molar-refractivity contribution in [3.63, 3.8) is 0 Å². The van der Waals surface area contributed by atoms with Crippen LogP contribution in [-0.4, -0.2) is 62.8 Å². The van der Waals surface area contributed by atoms with Crippen molar-refractivity contribution in [2.24, 2.45) is 0 Å². The number of hydrogen-bond donors (Lipinski definition) is 1. The van der Waals surface area contributed by atoms with Crippen molar-refractivity contribution >= 4 is 23.2 Å². The number of hydrogen-bond acceptors (Lipinski definition) is 5. The Labute approximate surface area is 221 Å². The molecule has 2 heterocycles. The molecule has 1 aliphatic carbocycles. The number of allylic oxidation sites excluding steroid dienone is 3. The number of amides is 1. The van der Waals surface area contributed by atoms with Gasteiger partial charge in [-0.3, -0.25) is 9.69 Å². The van der Waals surface area contributed by atoms with Gasteiger partial charge in [0.1, 0.15) is 5.75 Å². The molecule has 2 unspecified atom stereocenters. The van der Waals surface area contributed by atoms with E-state index >= 15 is 0 Å². The zero-order valence-corrected chi connectivity index (χ0v) is 23.1. The summed E-state index contributed by atoms with van der Waals surface area (Å²) in [4.78, 5) is 16.4. The number of ether oxygens (including phenoxy) is 2. The molecule has 2 fully saturated rings. The van der Waals surface area contributed by atoms with Crippen LogP contribution in [0, 0.1) is 0 Å². The van der Waals surface area contributed by atoms with Crippen molar-refractivity contribution in [1.29, 1.82) is 0 Å². The van der Waals surface area contributed by atoms with Crippen LogP contribution in [0.25, 0.3) is 0 Å². The number of carbonyl (C=O) groups is 1. The van der Waals surface area contributed by atoms with Gasteiger partial charge < -0.3 is 19.7 Å². The van der Waals surface area contributed by atoms with Crippen molar-refractivity contribution in [1.82, 2.24) is 10.2 Å². The minimum Gasteiger partial charge on any atom is -0.498 e. The lowest BCUT2D eigenvalue weighted by Gasteiger charge is -2.50. The summed E-state index contributed by atoms with van der Waals surface area (Å²) < 4.78 is 11.7. The average Bonchev–Trinajstić information content (AvgIpc) is 3.01. The van der Waals surface area contributed by atoms with Crippen molar-refractivity contribution in [3.8, 4) is 5.75 Å². The molecule has 6 nitrogen and oxygen atoms in total. The van der Waals surface area contributed by atoms with Crippen molar-refractivity contribution in [2.45, 2.75) is 77.8 Å². The Morgan fingerprint density at radius 1 is 1.14 bits per heavy atom. The number of fused-ring (bicyclic) bond motifs is 1. The van der Waals surface area contributed by atoms with Crippen molar-refractivity contribution in [3.05, 3.63) is 45.7 Å².